The number of hydrogen-bond acceptors (Lipinski definition) is 4. The number of aryl methyl sites for hydroxylation is 1. The second-order valence-corrected chi connectivity index (χ2v) is 8.45. The van der Waals surface area contributed by atoms with Gasteiger partial charge in [0.2, 0.25) is 5.60 Å². The smallest absolute Gasteiger partial charge is 0.374 e. The van der Waals surface area contributed by atoms with Gasteiger partial charge in [0, 0.05) is 57.1 Å². The summed E-state index contributed by atoms with van der Waals surface area (Å²) in [6.07, 6.45) is 2.80. The molecule has 1 aromatic rings. The van der Waals surface area contributed by atoms with Crippen LogP contribution >= 0.6 is 24.0 Å². The van der Waals surface area contributed by atoms with E-state index in [0.717, 1.165) is 12.8 Å². The largest absolute Gasteiger partial charge is 0.424 e. The van der Waals surface area contributed by atoms with Crippen LogP contribution in [0.15, 0.2) is 17.4 Å². The van der Waals surface area contributed by atoms with E-state index in [-0.39, 0.29) is 36.6 Å². The molecule has 0 radical (unpaired) electrons. The van der Waals surface area contributed by atoms with Crippen molar-refractivity contribution >= 4 is 29.9 Å². The van der Waals surface area contributed by atoms with Crippen LogP contribution in [-0.4, -0.2) is 70.0 Å². The Kier molecular flexibility index (Phi) is 9.03. The summed E-state index contributed by atoms with van der Waals surface area (Å²) in [6, 6.07) is 1.32. The number of nitrogens with zero attached hydrogens (tertiary/aromatic N) is 4. The molecule has 2 aliphatic heterocycles. The number of guanidine groups is 1. The Hall–Kier alpha value is -1.08. The Balaban J connectivity index is 0.00000341. The lowest BCUT2D eigenvalue weighted by molar-refractivity contribution is -0.272. The molecule has 0 aliphatic carbocycles. The molecule has 0 spiro atoms. The number of imidazole rings is 1. The SMILES string of the molecule is CCNC(=NCCC(O)(c1nccn1C)C(F)(F)F)NC1CC2CCCC(C1)N2C.I. The zero-order valence-corrected chi connectivity index (χ0v) is 20.7. The summed E-state index contributed by atoms with van der Waals surface area (Å²) in [6.45, 7) is 2.34. The Morgan fingerprint density at radius 1 is 1.26 bits per heavy atom. The average Bonchev–Trinajstić information content (AvgIpc) is 3.08. The van der Waals surface area contributed by atoms with Crippen molar-refractivity contribution < 1.29 is 18.3 Å². The zero-order chi connectivity index (χ0) is 21.9. The van der Waals surface area contributed by atoms with Gasteiger partial charge in [-0.1, -0.05) is 6.42 Å². The molecule has 11 heteroatoms. The molecule has 3 heterocycles. The van der Waals surface area contributed by atoms with Gasteiger partial charge in [-0.2, -0.15) is 13.2 Å². The van der Waals surface area contributed by atoms with Gasteiger partial charge in [0.05, 0.1) is 0 Å². The van der Waals surface area contributed by atoms with Gasteiger partial charge >= 0.3 is 6.18 Å². The molecule has 0 aromatic carbocycles. The summed E-state index contributed by atoms with van der Waals surface area (Å²) in [5.41, 5.74) is -3.04. The van der Waals surface area contributed by atoms with Crippen molar-refractivity contribution in [1.29, 1.82) is 0 Å². The highest BCUT2D eigenvalue weighted by molar-refractivity contribution is 14.0. The summed E-state index contributed by atoms with van der Waals surface area (Å²) in [7, 11) is 3.62. The fourth-order valence-corrected chi connectivity index (χ4v) is 4.72. The van der Waals surface area contributed by atoms with Crippen molar-refractivity contribution in [2.45, 2.75) is 75.4 Å². The predicted octanol–water partition coefficient (Wildman–Crippen LogP) is 2.75. The number of aliphatic hydroxyl groups is 1. The van der Waals surface area contributed by atoms with Gasteiger partial charge in [-0.3, -0.25) is 4.99 Å². The van der Waals surface area contributed by atoms with Crippen molar-refractivity contribution in [2.24, 2.45) is 12.0 Å². The van der Waals surface area contributed by atoms with E-state index in [2.05, 4.69) is 32.6 Å². The van der Waals surface area contributed by atoms with Gasteiger partial charge < -0.3 is 25.2 Å². The predicted molar refractivity (Wildman–Crippen MR) is 125 cm³/mol. The van der Waals surface area contributed by atoms with Crippen molar-refractivity contribution in [3.63, 3.8) is 0 Å². The van der Waals surface area contributed by atoms with Gasteiger partial charge in [0.25, 0.3) is 0 Å². The highest BCUT2D eigenvalue weighted by atomic mass is 127. The molecule has 3 rings (SSSR count). The van der Waals surface area contributed by atoms with Crippen LogP contribution in [0.5, 0.6) is 0 Å². The van der Waals surface area contributed by atoms with Gasteiger partial charge in [-0.15, -0.1) is 24.0 Å². The van der Waals surface area contributed by atoms with Gasteiger partial charge in [0.1, 0.15) is 5.82 Å². The number of hydrogen-bond donors (Lipinski definition) is 3. The highest BCUT2D eigenvalue weighted by Gasteiger charge is 2.57. The fourth-order valence-electron chi connectivity index (χ4n) is 4.72. The monoisotopic (exact) mass is 558 g/mol. The third-order valence-electron chi connectivity index (χ3n) is 6.43. The molecule has 2 saturated heterocycles. The number of aromatic nitrogens is 2. The molecule has 7 nitrogen and oxygen atoms in total. The molecule has 0 amide bonds. The van der Waals surface area contributed by atoms with Crippen LogP contribution in [0.25, 0.3) is 0 Å². The number of fused-ring (bicyclic) bond motifs is 2. The lowest BCUT2D eigenvalue weighted by Gasteiger charge is -2.47. The summed E-state index contributed by atoms with van der Waals surface area (Å²) in [5, 5.41) is 17.0. The first-order valence-corrected chi connectivity index (χ1v) is 10.7. The number of alkyl halides is 3. The van der Waals surface area contributed by atoms with E-state index in [9.17, 15) is 18.3 Å². The van der Waals surface area contributed by atoms with Crippen LogP contribution in [0.4, 0.5) is 13.2 Å². The Morgan fingerprint density at radius 2 is 1.90 bits per heavy atom. The van der Waals surface area contributed by atoms with Crippen LogP contribution < -0.4 is 10.6 Å². The zero-order valence-electron chi connectivity index (χ0n) is 18.3. The molecule has 1 aromatic heterocycles. The van der Waals surface area contributed by atoms with E-state index in [1.165, 1.54) is 43.3 Å². The Labute approximate surface area is 198 Å². The van der Waals surface area contributed by atoms with Crippen molar-refractivity contribution in [3.8, 4) is 0 Å². The first-order valence-electron chi connectivity index (χ1n) is 10.7. The molecule has 3 N–H and O–H groups in total. The summed E-state index contributed by atoms with van der Waals surface area (Å²) in [4.78, 5) is 10.5. The van der Waals surface area contributed by atoms with Gasteiger partial charge in [-0.05, 0) is 39.7 Å². The molecule has 3 atom stereocenters. The molecular weight excluding hydrogens is 524 g/mol. The highest BCUT2D eigenvalue weighted by Crippen LogP contribution is 2.40. The molecule has 0 saturated carbocycles. The normalized spacial score (nSPS) is 26.7. The van der Waals surface area contributed by atoms with Crippen LogP contribution in [0.3, 0.4) is 0 Å². The van der Waals surface area contributed by atoms with Crippen LogP contribution in [0, 0.1) is 0 Å². The summed E-state index contributed by atoms with van der Waals surface area (Å²) >= 11 is 0. The number of piperidine rings is 2. The summed E-state index contributed by atoms with van der Waals surface area (Å²) < 4.78 is 42.2. The lowest BCUT2D eigenvalue weighted by atomic mass is 9.82. The minimum atomic E-state index is -4.85. The average molecular weight is 558 g/mol. The van der Waals surface area contributed by atoms with E-state index in [4.69, 9.17) is 0 Å². The second-order valence-electron chi connectivity index (χ2n) is 8.45. The maximum absolute atomic E-state index is 13.7. The topological polar surface area (TPSA) is 77.7 Å². The van der Waals surface area contributed by atoms with Crippen molar-refractivity contribution in [2.75, 3.05) is 20.1 Å². The van der Waals surface area contributed by atoms with Crippen LogP contribution in [0.1, 0.15) is 51.3 Å². The molecule has 3 unspecified atom stereocenters. The van der Waals surface area contributed by atoms with E-state index in [1.54, 1.807) is 0 Å². The molecule has 2 aliphatic rings. The number of rotatable bonds is 6. The lowest BCUT2D eigenvalue weighted by Crippen LogP contribution is -2.56. The molecule has 178 valence electrons. The number of halogens is 4. The first kappa shape index (κ1) is 26.2. The maximum atomic E-state index is 13.7. The first-order chi connectivity index (χ1) is 14.2. The van der Waals surface area contributed by atoms with Crippen molar-refractivity contribution in [1.82, 2.24) is 25.1 Å². The minimum Gasteiger partial charge on any atom is -0.374 e. The number of nitrogens with one attached hydrogen (secondary N) is 2. The van der Waals surface area contributed by atoms with Crippen LogP contribution in [-0.2, 0) is 12.6 Å². The summed E-state index contributed by atoms with van der Waals surface area (Å²) in [5.74, 6) is 0.0702. The third kappa shape index (κ3) is 5.84. The Bertz CT molecular complexity index is 729. The minimum absolute atomic E-state index is 0. The third-order valence-corrected chi connectivity index (χ3v) is 6.43. The van der Waals surface area contributed by atoms with E-state index in [1.807, 2.05) is 6.92 Å². The van der Waals surface area contributed by atoms with E-state index in [0.29, 0.717) is 24.6 Å². The maximum Gasteiger partial charge on any atom is 0.424 e. The molecule has 31 heavy (non-hydrogen) atoms. The molecule has 2 bridgehead atoms. The number of aliphatic imine (C=N–C) groups is 1. The quantitative estimate of drug-likeness (QED) is 0.285. The second kappa shape index (κ2) is 10.7. The Morgan fingerprint density at radius 3 is 2.42 bits per heavy atom. The fraction of sp³-hybridized carbons (Fsp3) is 0.800. The van der Waals surface area contributed by atoms with E-state index < -0.39 is 24.0 Å². The standard InChI is InChI=1S/C20H33F3N6O.HI/c1-4-24-18(27-14-12-15-6-5-7-16(13-14)29(15)3)26-9-8-19(30,20(21,22)23)17-25-10-11-28(17)2;/h10-11,14-16,30H,4-9,12-13H2,1-3H3,(H2,24,26,27);1H. The molecule has 2 fully saturated rings. The van der Waals surface area contributed by atoms with E-state index >= 15 is 0 Å². The van der Waals surface area contributed by atoms with Gasteiger partial charge in [0.15, 0.2) is 5.96 Å². The van der Waals surface area contributed by atoms with Crippen LogP contribution in [0.2, 0.25) is 0 Å². The molecular formula is C20H34F3IN6O. The van der Waals surface area contributed by atoms with Gasteiger partial charge in [-0.25, -0.2) is 4.98 Å². The van der Waals surface area contributed by atoms with Crippen molar-refractivity contribution in [3.05, 3.63) is 18.2 Å².